The maximum atomic E-state index is 13.0. The zero-order valence-corrected chi connectivity index (χ0v) is 15.3. The van der Waals surface area contributed by atoms with Crippen molar-refractivity contribution < 1.29 is 9.59 Å². The van der Waals surface area contributed by atoms with Crippen molar-refractivity contribution >= 4 is 48.4 Å². The highest BCUT2D eigenvalue weighted by Crippen LogP contribution is 2.27. The predicted molar refractivity (Wildman–Crippen MR) is 99.3 cm³/mol. The fourth-order valence-corrected chi connectivity index (χ4v) is 3.20. The van der Waals surface area contributed by atoms with Crippen molar-refractivity contribution in [2.75, 3.05) is 30.4 Å². The van der Waals surface area contributed by atoms with E-state index in [0.717, 1.165) is 11.3 Å². The number of hydrogen-bond donors (Lipinski definition) is 0. The topological polar surface area (TPSA) is 40.6 Å². The second kappa shape index (κ2) is 8.77. The molecule has 0 spiro atoms. The van der Waals surface area contributed by atoms with E-state index in [4.69, 9.17) is 31.0 Å². The molecule has 0 saturated carbocycles. The maximum Gasteiger partial charge on any atom is 0.230 e. The SMILES string of the molecule is [B]C(=O)N1CCC(C(=O)N(CCCCl)c2ccc(C)c(Cl)c2)CC1. The third-order valence-corrected chi connectivity index (χ3v) is 5.08. The van der Waals surface area contributed by atoms with Crippen LogP contribution in [-0.4, -0.2) is 50.0 Å². The van der Waals surface area contributed by atoms with Crippen LogP contribution in [0.1, 0.15) is 24.8 Å². The molecule has 1 saturated heterocycles. The van der Waals surface area contributed by atoms with E-state index in [1.165, 1.54) is 0 Å². The van der Waals surface area contributed by atoms with Crippen molar-refractivity contribution in [3.63, 3.8) is 0 Å². The van der Waals surface area contributed by atoms with Crippen LogP contribution in [0, 0.1) is 12.8 Å². The number of carbonyl (C=O) groups excluding carboxylic acids is 2. The molecule has 1 aromatic rings. The number of carbonyl (C=O) groups is 2. The van der Waals surface area contributed by atoms with Crippen LogP contribution in [0.3, 0.4) is 0 Å². The first-order valence-electron chi connectivity index (χ1n) is 8.12. The number of benzene rings is 1. The second-order valence-corrected chi connectivity index (χ2v) is 6.85. The van der Waals surface area contributed by atoms with Gasteiger partial charge in [-0.3, -0.25) is 9.59 Å². The van der Waals surface area contributed by atoms with E-state index in [-0.39, 0.29) is 11.8 Å². The maximum absolute atomic E-state index is 13.0. The number of likely N-dealkylation sites (tertiary alicyclic amines) is 1. The molecular formula is C17H21BCl2N2O2. The molecule has 0 aliphatic carbocycles. The van der Waals surface area contributed by atoms with Gasteiger partial charge in [0.25, 0.3) is 0 Å². The Labute approximate surface area is 154 Å². The van der Waals surface area contributed by atoms with Crippen LogP contribution in [-0.2, 0) is 4.79 Å². The Kier molecular flexibility index (Phi) is 6.99. The molecule has 0 unspecified atom stereocenters. The van der Waals surface area contributed by atoms with E-state index in [0.29, 0.717) is 49.8 Å². The van der Waals surface area contributed by atoms with Crippen LogP contribution in [0.2, 0.25) is 5.02 Å². The van der Waals surface area contributed by atoms with Crippen LogP contribution < -0.4 is 4.90 Å². The number of piperidine rings is 1. The first-order valence-corrected chi connectivity index (χ1v) is 9.03. The molecule has 1 aromatic carbocycles. The molecule has 1 heterocycles. The molecule has 128 valence electrons. The number of amides is 2. The minimum Gasteiger partial charge on any atom is -0.352 e. The van der Waals surface area contributed by atoms with Crippen molar-refractivity contribution in [1.29, 1.82) is 0 Å². The van der Waals surface area contributed by atoms with E-state index < -0.39 is 5.81 Å². The summed E-state index contributed by atoms with van der Waals surface area (Å²) in [4.78, 5) is 27.5. The number of rotatable bonds is 5. The summed E-state index contributed by atoms with van der Waals surface area (Å²) in [5.41, 5.74) is 1.76. The van der Waals surface area contributed by atoms with Crippen molar-refractivity contribution in [2.45, 2.75) is 26.2 Å². The van der Waals surface area contributed by atoms with Crippen LogP contribution in [0.5, 0.6) is 0 Å². The molecule has 2 amide bonds. The summed E-state index contributed by atoms with van der Waals surface area (Å²) in [7, 11) is 5.30. The van der Waals surface area contributed by atoms with E-state index in [1.807, 2.05) is 25.1 Å². The van der Waals surface area contributed by atoms with Crippen LogP contribution in [0.15, 0.2) is 18.2 Å². The Morgan fingerprint density at radius 1 is 1.33 bits per heavy atom. The molecule has 2 radical (unpaired) electrons. The van der Waals surface area contributed by atoms with Crippen LogP contribution in [0.4, 0.5) is 10.5 Å². The van der Waals surface area contributed by atoms with Gasteiger partial charge in [0.05, 0.1) is 0 Å². The van der Waals surface area contributed by atoms with Gasteiger partial charge in [-0.25, -0.2) is 0 Å². The standard InChI is InChI=1S/C17H21BCl2N2O2/c1-12-3-4-14(11-15(12)20)22(8-2-7-19)16(23)13-5-9-21(10-6-13)17(18)24/h3-4,11,13H,2,5-10H2,1H3. The molecule has 1 aliphatic heterocycles. The van der Waals surface area contributed by atoms with Crippen molar-refractivity contribution in [2.24, 2.45) is 5.92 Å². The van der Waals surface area contributed by atoms with Crippen molar-refractivity contribution in [3.8, 4) is 0 Å². The molecular weight excluding hydrogens is 346 g/mol. The highest BCUT2D eigenvalue weighted by Gasteiger charge is 2.29. The fourth-order valence-electron chi connectivity index (χ4n) is 2.90. The average molecular weight is 367 g/mol. The minimum atomic E-state index is -0.426. The number of aryl methyl sites for hydroxylation is 1. The van der Waals surface area contributed by atoms with E-state index in [9.17, 15) is 9.59 Å². The molecule has 1 aliphatic rings. The zero-order valence-electron chi connectivity index (χ0n) is 13.8. The van der Waals surface area contributed by atoms with E-state index in [2.05, 4.69) is 0 Å². The lowest BCUT2D eigenvalue weighted by molar-refractivity contribution is -0.123. The average Bonchev–Trinajstić information content (AvgIpc) is 2.58. The lowest BCUT2D eigenvalue weighted by Gasteiger charge is -2.34. The first-order chi connectivity index (χ1) is 11.4. The van der Waals surface area contributed by atoms with Gasteiger partial charge in [-0.2, -0.15) is 0 Å². The highest BCUT2D eigenvalue weighted by molar-refractivity contribution is 6.56. The van der Waals surface area contributed by atoms with E-state index >= 15 is 0 Å². The molecule has 7 heteroatoms. The van der Waals surface area contributed by atoms with Gasteiger partial charge in [-0.05, 0) is 43.9 Å². The van der Waals surface area contributed by atoms with Gasteiger partial charge in [0.1, 0.15) is 0 Å². The molecule has 4 nitrogen and oxygen atoms in total. The summed E-state index contributed by atoms with van der Waals surface area (Å²) in [6.07, 6.45) is 1.95. The monoisotopic (exact) mass is 366 g/mol. The molecule has 1 fully saturated rings. The highest BCUT2D eigenvalue weighted by atomic mass is 35.5. The Morgan fingerprint density at radius 2 is 2.00 bits per heavy atom. The molecule has 24 heavy (non-hydrogen) atoms. The van der Waals surface area contributed by atoms with Gasteiger partial charge in [-0.15, -0.1) is 11.6 Å². The van der Waals surface area contributed by atoms with Gasteiger partial charge in [-0.1, -0.05) is 17.7 Å². The number of hydrogen-bond acceptors (Lipinski definition) is 2. The first kappa shape index (κ1) is 19.1. The Balaban J connectivity index is 2.13. The minimum absolute atomic E-state index is 0.0594. The van der Waals surface area contributed by atoms with Crippen LogP contribution >= 0.6 is 23.2 Å². The summed E-state index contributed by atoms with van der Waals surface area (Å²) in [5.74, 6) is 0.00844. The number of nitrogens with zero attached hydrogens (tertiary/aromatic N) is 2. The largest absolute Gasteiger partial charge is 0.352 e. The lowest BCUT2D eigenvalue weighted by atomic mass is 9.93. The van der Waals surface area contributed by atoms with Crippen molar-refractivity contribution in [3.05, 3.63) is 28.8 Å². The molecule has 0 N–H and O–H groups in total. The zero-order chi connectivity index (χ0) is 17.7. The number of halogens is 2. The Bertz CT molecular complexity index is 604. The smallest absolute Gasteiger partial charge is 0.230 e. The summed E-state index contributed by atoms with van der Waals surface area (Å²) in [6, 6.07) is 5.64. The Hall–Kier alpha value is -1.20. The molecule has 0 aromatic heterocycles. The van der Waals surface area contributed by atoms with Gasteiger partial charge < -0.3 is 9.80 Å². The van der Waals surface area contributed by atoms with Gasteiger partial charge in [0, 0.05) is 42.1 Å². The predicted octanol–water partition coefficient (Wildman–Crippen LogP) is 3.61. The van der Waals surface area contributed by atoms with Gasteiger partial charge >= 0.3 is 0 Å². The molecule has 0 atom stereocenters. The van der Waals surface area contributed by atoms with Gasteiger partial charge in [0.2, 0.25) is 13.8 Å². The third kappa shape index (κ3) is 4.67. The normalized spacial score (nSPS) is 15.4. The van der Waals surface area contributed by atoms with Crippen LogP contribution in [0.25, 0.3) is 0 Å². The second-order valence-electron chi connectivity index (χ2n) is 6.07. The van der Waals surface area contributed by atoms with E-state index in [1.54, 1.807) is 9.80 Å². The molecule has 0 bridgehead atoms. The quantitative estimate of drug-likeness (QED) is 0.589. The lowest BCUT2D eigenvalue weighted by Crippen LogP contribution is -2.44. The van der Waals surface area contributed by atoms with Crippen molar-refractivity contribution in [1.82, 2.24) is 4.90 Å². The van der Waals surface area contributed by atoms with Gasteiger partial charge in [0.15, 0.2) is 5.81 Å². The third-order valence-electron chi connectivity index (χ3n) is 4.40. The summed E-state index contributed by atoms with van der Waals surface area (Å²) < 4.78 is 0. The number of anilines is 1. The number of alkyl halides is 1. The molecule has 2 rings (SSSR count). The summed E-state index contributed by atoms with van der Waals surface area (Å²) in [5, 5.41) is 0.639. The summed E-state index contributed by atoms with van der Waals surface area (Å²) >= 11 is 12.0. The Morgan fingerprint density at radius 3 is 2.54 bits per heavy atom. The summed E-state index contributed by atoms with van der Waals surface area (Å²) in [6.45, 7) is 3.52. The fraction of sp³-hybridized carbons (Fsp3) is 0.529.